The lowest BCUT2D eigenvalue weighted by Crippen LogP contribution is -2.62. The Kier molecular flexibility index (Phi) is 9.19. The normalized spacial score (nSPS) is 16.6. The molecule has 4 rings (SSSR count). The largest absolute Gasteiger partial charge is 0.467 e. The van der Waals surface area contributed by atoms with Gasteiger partial charge < -0.3 is 19.5 Å². The zero-order valence-electron chi connectivity index (χ0n) is 23.0. The number of esters is 1. The number of rotatable bonds is 10. The molecule has 2 heterocycles. The number of amides is 2. The molecule has 2 unspecified atom stereocenters. The van der Waals surface area contributed by atoms with Crippen LogP contribution in [0, 0.1) is 0 Å². The van der Waals surface area contributed by atoms with Crippen molar-refractivity contribution in [2.75, 3.05) is 31.6 Å². The molecule has 1 N–H and O–H groups in total. The molecular weight excluding hydrogens is 492 g/mol. The molecule has 1 aliphatic heterocycles. The van der Waals surface area contributed by atoms with Gasteiger partial charge in [0.25, 0.3) is 0 Å². The van der Waals surface area contributed by atoms with E-state index in [0.29, 0.717) is 39.0 Å². The molecule has 2 aromatic carbocycles. The van der Waals surface area contributed by atoms with Gasteiger partial charge in [0.05, 0.1) is 19.1 Å². The fraction of sp³-hybridized carbons (Fsp3) is 0.387. The predicted octanol–water partition coefficient (Wildman–Crippen LogP) is 3.84. The average molecular weight is 531 g/mol. The van der Waals surface area contributed by atoms with Gasteiger partial charge in [-0.15, -0.1) is 0 Å². The van der Waals surface area contributed by atoms with Gasteiger partial charge in [-0.1, -0.05) is 48.5 Å². The summed E-state index contributed by atoms with van der Waals surface area (Å²) in [5.41, 5.74) is 0.610. The summed E-state index contributed by atoms with van der Waals surface area (Å²) in [5.74, 6) is -1.08. The Hall–Kier alpha value is -3.91. The first-order valence-electron chi connectivity index (χ1n) is 13.5. The zero-order chi connectivity index (χ0) is 27.8. The third-order valence-corrected chi connectivity index (χ3v) is 7.77. The Morgan fingerprint density at radius 1 is 0.923 bits per heavy atom. The Balaban J connectivity index is 1.44. The van der Waals surface area contributed by atoms with Crippen molar-refractivity contribution >= 4 is 23.5 Å². The van der Waals surface area contributed by atoms with Crippen LogP contribution in [-0.2, 0) is 25.7 Å². The van der Waals surface area contributed by atoms with E-state index in [1.54, 1.807) is 0 Å². The number of piperidine rings is 1. The molecule has 1 fully saturated rings. The molecule has 0 bridgehead atoms. The van der Waals surface area contributed by atoms with E-state index in [9.17, 15) is 14.4 Å². The van der Waals surface area contributed by atoms with Crippen molar-refractivity contribution in [3.8, 4) is 0 Å². The van der Waals surface area contributed by atoms with Crippen LogP contribution in [0.3, 0.4) is 0 Å². The standard InChI is InChI=1S/C31H38N4O4/c1-24(26-12-6-4-7-13-26)28(36)32-31(30(38)39-3)16-20-34(21-17-31)25(2)29(37)35(27-14-8-5-9-15-27)23-22-33-18-10-11-19-33/h4-15,18-19,24-25H,16-17,20-23H2,1-3H3,(H,32,36). The minimum Gasteiger partial charge on any atom is -0.467 e. The number of carbonyl (C=O) groups is 3. The van der Waals surface area contributed by atoms with Crippen molar-refractivity contribution in [2.24, 2.45) is 0 Å². The molecule has 206 valence electrons. The number of likely N-dealkylation sites (tertiary alicyclic amines) is 1. The van der Waals surface area contributed by atoms with E-state index < -0.39 is 23.5 Å². The smallest absolute Gasteiger partial charge is 0.331 e. The van der Waals surface area contributed by atoms with Gasteiger partial charge in [0.2, 0.25) is 11.8 Å². The number of benzene rings is 2. The van der Waals surface area contributed by atoms with Crippen molar-refractivity contribution in [1.29, 1.82) is 0 Å². The lowest BCUT2D eigenvalue weighted by atomic mass is 9.85. The molecule has 1 aromatic heterocycles. The molecule has 1 saturated heterocycles. The number of carbonyl (C=O) groups excluding carboxylic acids is 3. The maximum Gasteiger partial charge on any atom is 0.331 e. The van der Waals surface area contributed by atoms with E-state index in [1.165, 1.54) is 7.11 Å². The van der Waals surface area contributed by atoms with Crippen molar-refractivity contribution in [1.82, 2.24) is 14.8 Å². The predicted molar refractivity (Wildman–Crippen MR) is 151 cm³/mol. The quantitative estimate of drug-likeness (QED) is 0.403. The molecular formula is C31H38N4O4. The molecule has 2 amide bonds. The lowest BCUT2D eigenvalue weighted by Gasteiger charge is -2.43. The highest BCUT2D eigenvalue weighted by Crippen LogP contribution is 2.28. The molecule has 8 nitrogen and oxygen atoms in total. The van der Waals surface area contributed by atoms with Gasteiger partial charge in [-0.2, -0.15) is 0 Å². The maximum absolute atomic E-state index is 13.8. The number of methoxy groups -OCH3 is 1. The molecule has 39 heavy (non-hydrogen) atoms. The van der Waals surface area contributed by atoms with Crippen LogP contribution in [-0.4, -0.2) is 65.6 Å². The van der Waals surface area contributed by atoms with Crippen LogP contribution in [0.15, 0.2) is 85.2 Å². The van der Waals surface area contributed by atoms with Gasteiger partial charge in [0.15, 0.2) is 0 Å². The minimum atomic E-state index is -1.12. The number of nitrogens with zero attached hydrogens (tertiary/aromatic N) is 3. The zero-order valence-corrected chi connectivity index (χ0v) is 23.0. The molecule has 8 heteroatoms. The van der Waals surface area contributed by atoms with Crippen LogP contribution >= 0.6 is 0 Å². The fourth-order valence-corrected chi connectivity index (χ4v) is 5.20. The third-order valence-electron chi connectivity index (χ3n) is 7.77. The SMILES string of the molecule is COC(=O)C1(NC(=O)C(C)c2ccccc2)CCN(C(C)C(=O)N(CCn2cccc2)c2ccccc2)CC1. The molecule has 2 atom stereocenters. The van der Waals surface area contributed by atoms with Crippen LogP contribution in [0.4, 0.5) is 5.69 Å². The first kappa shape index (κ1) is 28.1. The number of para-hydroxylation sites is 1. The van der Waals surface area contributed by atoms with E-state index >= 15 is 0 Å². The summed E-state index contributed by atoms with van der Waals surface area (Å²) in [6.45, 7) is 5.91. The van der Waals surface area contributed by atoms with Crippen molar-refractivity contribution in [2.45, 2.75) is 50.7 Å². The van der Waals surface area contributed by atoms with Gasteiger partial charge in [0.1, 0.15) is 5.54 Å². The number of anilines is 1. The van der Waals surface area contributed by atoms with Crippen molar-refractivity contribution in [3.63, 3.8) is 0 Å². The third kappa shape index (κ3) is 6.57. The number of ether oxygens (including phenoxy) is 1. The summed E-state index contributed by atoms with van der Waals surface area (Å²) < 4.78 is 7.19. The van der Waals surface area contributed by atoms with Gasteiger partial charge in [-0.05, 0) is 56.5 Å². The van der Waals surface area contributed by atoms with E-state index in [1.807, 2.05) is 104 Å². The Morgan fingerprint density at radius 2 is 1.51 bits per heavy atom. The number of aromatic nitrogens is 1. The maximum atomic E-state index is 13.8. The first-order valence-corrected chi connectivity index (χ1v) is 13.5. The molecule has 1 aliphatic rings. The van der Waals surface area contributed by atoms with Crippen LogP contribution in [0.1, 0.15) is 38.2 Å². The second-order valence-corrected chi connectivity index (χ2v) is 10.2. The van der Waals surface area contributed by atoms with Gasteiger partial charge in [0, 0.05) is 44.3 Å². The number of hydrogen-bond donors (Lipinski definition) is 1. The van der Waals surface area contributed by atoms with Crippen molar-refractivity contribution < 1.29 is 19.1 Å². The Bertz CT molecular complexity index is 1220. The highest BCUT2D eigenvalue weighted by atomic mass is 16.5. The molecule has 0 spiro atoms. The Morgan fingerprint density at radius 3 is 2.10 bits per heavy atom. The molecule has 0 radical (unpaired) electrons. The van der Waals surface area contributed by atoms with E-state index in [0.717, 1.165) is 11.3 Å². The monoisotopic (exact) mass is 530 g/mol. The van der Waals surface area contributed by atoms with E-state index in [4.69, 9.17) is 4.74 Å². The first-order chi connectivity index (χ1) is 18.8. The topological polar surface area (TPSA) is 83.9 Å². The minimum absolute atomic E-state index is 0.000611. The second kappa shape index (κ2) is 12.8. The van der Waals surface area contributed by atoms with E-state index in [2.05, 4.69) is 14.8 Å². The highest BCUT2D eigenvalue weighted by Gasteiger charge is 2.46. The van der Waals surface area contributed by atoms with Gasteiger partial charge >= 0.3 is 5.97 Å². The van der Waals surface area contributed by atoms with Crippen LogP contribution < -0.4 is 10.2 Å². The Labute approximate surface area is 230 Å². The van der Waals surface area contributed by atoms with Crippen molar-refractivity contribution in [3.05, 3.63) is 90.8 Å². The van der Waals surface area contributed by atoms with E-state index in [-0.39, 0.29) is 11.8 Å². The van der Waals surface area contributed by atoms with Crippen LogP contribution in [0.5, 0.6) is 0 Å². The van der Waals surface area contributed by atoms with Gasteiger partial charge in [-0.25, -0.2) is 4.79 Å². The average Bonchev–Trinajstić information content (AvgIpc) is 3.51. The number of hydrogen-bond acceptors (Lipinski definition) is 5. The summed E-state index contributed by atoms with van der Waals surface area (Å²) in [6, 6.07) is 22.7. The number of nitrogens with one attached hydrogen (secondary N) is 1. The molecule has 0 saturated carbocycles. The molecule has 0 aliphatic carbocycles. The summed E-state index contributed by atoms with van der Waals surface area (Å²) in [5, 5.41) is 3.02. The summed E-state index contributed by atoms with van der Waals surface area (Å²) >= 11 is 0. The summed E-state index contributed by atoms with van der Waals surface area (Å²) in [4.78, 5) is 43.8. The molecule has 3 aromatic rings. The van der Waals surface area contributed by atoms with Crippen LogP contribution in [0.2, 0.25) is 0 Å². The summed E-state index contributed by atoms with van der Waals surface area (Å²) in [7, 11) is 1.35. The highest BCUT2D eigenvalue weighted by molar-refractivity contribution is 5.97. The fourth-order valence-electron chi connectivity index (χ4n) is 5.20. The summed E-state index contributed by atoms with van der Waals surface area (Å²) in [6.07, 6.45) is 4.70. The second-order valence-electron chi connectivity index (χ2n) is 10.2. The van der Waals surface area contributed by atoms with Gasteiger partial charge in [-0.3, -0.25) is 14.5 Å². The van der Waals surface area contributed by atoms with Crippen LogP contribution in [0.25, 0.3) is 0 Å². The lowest BCUT2D eigenvalue weighted by molar-refractivity contribution is -0.154.